The lowest BCUT2D eigenvalue weighted by Crippen LogP contribution is -2.33. The Labute approximate surface area is 171 Å². The molecule has 0 bridgehead atoms. The lowest BCUT2D eigenvalue weighted by Gasteiger charge is -2.23. The molecule has 0 spiro atoms. The van der Waals surface area contributed by atoms with E-state index >= 15 is 0 Å². The second-order valence-corrected chi connectivity index (χ2v) is 7.76. The number of hydrogen-bond donors (Lipinski definition) is 0. The summed E-state index contributed by atoms with van der Waals surface area (Å²) in [5.74, 6) is 7.66. The van der Waals surface area contributed by atoms with Crippen LogP contribution in [0.5, 0.6) is 5.75 Å². The summed E-state index contributed by atoms with van der Waals surface area (Å²) in [6, 6.07) is 11.5. The number of hydrogen-bond acceptors (Lipinski definition) is 4. The molecule has 1 saturated heterocycles. The highest BCUT2D eigenvalue weighted by Crippen LogP contribution is 2.27. The maximum absolute atomic E-state index is 12.8. The van der Waals surface area contributed by atoms with Crippen molar-refractivity contribution in [3.8, 4) is 17.6 Å². The summed E-state index contributed by atoms with van der Waals surface area (Å²) in [4.78, 5) is 12.8. The van der Waals surface area contributed by atoms with Crippen LogP contribution in [0.1, 0.15) is 42.6 Å². The quantitative estimate of drug-likeness (QED) is 0.732. The highest BCUT2D eigenvalue weighted by molar-refractivity contribution is 5.38. The fourth-order valence-electron chi connectivity index (χ4n) is 3.49. The summed E-state index contributed by atoms with van der Waals surface area (Å²) >= 11 is 0. The first-order valence-electron chi connectivity index (χ1n) is 10.3. The molecule has 4 rings (SSSR count). The van der Waals surface area contributed by atoms with Crippen LogP contribution in [0.4, 0.5) is 0 Å². The minimum absolute atomic E-state index is 0.0722. The maximum Gasteiger partial charge on any atom is 0.254 e. The van der Waals surface area contributed by atoms with Crippen molar-refractivity contribution in [2.24, 2.45) is 5.92 Å². The Morgan fingerprint density at radius 2 is 2.00 bits per heavy atom. The van der Waals surface area contributed by atoms with E-state index in [1.807, 2.05) is 32.0 Å². The van der Waals surface area contributed by atoms with Crippen LogP contribution in [0.2, 0.25) is 0 Å². The van der Waals surface area contributed by atoms with Crippen molar-refractivity contribution in [1.29, 1.82) is 0 Å². The second-order valence-electron chi connectivity index (χ2n) is 7.76. The van der Waals surface area contributed by atoms with Gasteiger partial charge >= 0.3 is 0 Å². The average molecular weight is 393 g/mol. The Hall–Kier alpha value is -2.55. The molecule has 5 nitrogen and oxygen atoms in total. The van der Waals surface area contributed by atoms with E-state index in [1.54, 1.807) is 10.6 Å². The summed E-state index contributed by atoms with van der Waals surface area (Å²) in [5, 5.41) is 0. The van der Waals surface area contributed by atoms with E-state index in [2.05, 4.69) is 24.0 Å². The maximum atomic E-state index is 12.8. The Morgan fingerprint density at radius 1 is 1.21 bits per heavy atom. The lowest BCUT2D eigenvalue weighted by atomic mass is 10.1. The van der Waals surface area contributed by atoms with Crippen LogP contribution >= 0.6 is 0 Å². The van der Waals surface area contributed by atoms with Crippen molar-refractivity contribution in [3.63, 3.8) is 0 Å². The fourth-order valence-corrected chi connectivity index (χ4v) is 3.49. The predicted octanol–water partition coefficient (Wildman–Crippen LogP) is 3.32. The van der Waals surface area contributed by atoms with E-state index in [0.717, 1.165) is 16.8 Å². The Balaban J connectivity index is 1.45. The summed E-state index contributed by atoms with van der Waals surface area (Å²) < 4.78 is 18.5. The zero-order valence-electron chi connectivity index (χ0n) is 17.0. The molecule has 152 valence electrons. The molecule has 0 amide bonds. The van der Waals surface area contributed by atoms with E-state index in [1.165, 1.54) is 12.8 Å². The SMILES string of the molecule is Cc1cc(OC[C@H]2COCCO2)cc(=O)n1[C@H](C)c1ccc(C#CC2CC2)cc1. The first kappa shape index (κ1) is 19.8. The molecule has 0 radical (unpaired) electrons. The number of benzene rings is 1. The number of rotatable bonds is 5. The van der Waals surface area contributed by atoms with Crippen molar-refractivity contribution in [2.45, 2.75) is 38.8 Å². The van der Waals surface area contributed by atoms with E-state index < -0.39 is 0 Å². The zero-order chi connectivity index (χ0) is 20.2. The molecule has 2 atom stereocenters. The van der Waals surface area contributed by atoms with Gasteiger partial charge in [0.15, 0.2) is 0 Å². The predicted molar refractivity (Wildman–Crippen MR) is 111 cm³/mol. The molecule has 0 unspecified atom stereocenters. The molecule has 2 heterocycles. The molecule has 1 saturated carbocycles. The van der Waals surface area contributed by atoms with Crippen molar-refractivity contribution in [3.05, 3.63) is 63.6 Å². The summed E-state index contributed by atoms with van der Waals surface area (Å²) in [5.41, 5.74) is 2.88. The molecule has 1 aliphatic heterocycles. The molecule has 0 N–H and O–H groups in total. The topological polar surface area (TPSA) is 49.7 Å². The van der Waals surface area contributed by atoms with E-state index in [-0.39, 0.29) is 17.7 Å². The van der Waals surface area contributed by atoms with Crippen molar-refractivity contribution in [1.82, 2.24) is 4.57 Å². The molecule has 2 aromatic rings. The van der Waals surface area contributed by atoms with Gasteiger partial charge in [0, 0.05) is 23.2 Å². The van der Waals surface area contributed by atoms with Crippen LogP contribution in [-0.4, -0.2) is 37.1 Å². The fraction of sp³-hybridized carbons (Fsp3) is 0.458. The second kappa shape index (κ2) is 8.86. The molecule has 29 heavy (non-hydrogen) atoms. The van der Waals surface area contributed by atoms with Crippen LogP contribution in [0.3, 0.4) is 0 Å². The van der Waals surface area contributed by atoms with Gasteiger partial charge in [0.05, 0.1) is 25.9 Å². The van der Waals surface area contributed by atoms with E-state index in [9.17, 15) is 4.79 Å². The van der Waals surface area contributed by atoms with Gasteiger partial charge in [-0.15, -0.1) is 0 Å². The first-order chi connectivity index (χ1) is 14.1. The standard InChI is InChI=1S/C24H27NO4/c1-17-13-22(29-16-23-15-27-11-12-28-23)14-24(26)25(17)18(2)21-9-7-20(8-10-21)6-5-19-3-4-19/h7-10,13-14,18-19,23H,3-4,11-12,15-16H2,1-2H3/t18-,23-/m1/s1. The van der Waals surface area contributed by atoms with Gasteiger partial charge in [0.2, 0.25) is 0 Å². The Kier molecular flexibility index (Phi) is 6.03. The van der Waals surface area contributed by atoms with Crippen LogP contribution in [-0.2, 0) is 9.47 Å². The molecular formula is C24H27NO4. The smallest absolute Gasteiger partial charge is 0.254 e. The molecule has 2 fully saturated rings. The highest BCUT2D eigenvalue weighted by atomic mass is 16.6. The van der Waals surface area contributed by atoms with E-state index in [4.69, 9.17) is 14.2 Å². The zero-order valence-corrected chi connectivity index (χ0v) is 17.0. The van der Waals surface area contributed by atoms with Gasteiger partial charge in [0.1, 0.15) is 18.5 Å². The van der Waals surface area contributed by atoms with Gasteiger partial charge in [-0.3, -0.25) is 4.79 Å². The lowest BCUT2D eigenvalue weighted by molar-refractivity contribution is -0.101. The number of aryl methyl sites for hydroxylation is 1. The molecule has 2 aliphatic rings. The van der Waals surface area contributed by atoms with Gasteiger partial charge in [0.25, 0.3) is 5.56 Å². The number of nitrogens with zero attached hydrogens (tertiary/aromatic N) is 1. The Morgan fingerprint density at radius 3 is 2.66 bits per heavy atom. The van der Waals surface area contributed by atoms with Crippen LogP contribution in [0, 0.1) is 24.7 Å². The van der Waals surface area contributed by atoms with Gasteiger partial charge in [-0.25, -0.2) is 0 Å². The summed E-state index contributed by atoms with van der Waals surface area (Å²) in [7, 11) is 0. The third-order valence-corrected chi connectivity index (χ3v) is 5.33. The highest BCUT2D eigenvalue weighted by Gasteiger charge is 2.18. The first-order valence-corrected chi connectivity index (χ1v) is 10.3. The third kappa shape index (κ3) is 5.09. The van der Waals surface area contributed by atoms with Gasteiger partial charge < -0.3 is 18.8 Å². The minimum Gasteiger partial charge on any atom is -0.491 e. The van der Waals surface area contributed by atoms with Gasteiger partial charge in [-0.2, -0.15) is 0 Å². The molecule has 1 aromatic carbocycles. The van der Waals surface area contributed by atoms with E-state index in [0.29, 0.717) is 38.1 Å². The number of ether oxygens (including phenoxy) is 3. The summed E-state index contributed by atoms with van der Waals surface area (Å²) in [6.45, 7) is 6.07. The number of aromatic nitrogens is 1. The molecular weight excluding hydrogens is 366 g/mol. The Bertz CT molecular complexity index is 957. The van der Waals surface area contributed by atoms with Crippen molar-refractivity contribution in [2.75, 3.05) is 26.4 Å². The van der Waals surface area contributed by atoms with Gasteiger partial charge in [-0.1, -0.05) is 24.0 Å². The van der Waals surface area contributed by atoms with Crippen molar-refractivity contribution < 1.29 is 14.2 Å². The largest absolute Gasteiger partial charge is 0.491 e. The average Bonchev–Trinajstić information content (AvgIpc) is 3.56. The summed E-state index contributed by atoms with van der Waals surface area (Å²) in [6.07, 6.45) is 2.36. The molecule has 1 aliphatic carbocycles. The monoisotopic (exact) mass is 393 g/mol. The third-order valence-electron chi connectivity index (χ3n) is 5.33. The minimum atomic E-state index is -0.0908. The molecule has 5 heteroatoms. The van der Waals surface area contributed by atoms with Crippen LogP contribution < -0.4 is 10.3 Å². The molecule has 1 aromatic heterocycles. The van der Waals surface area contributed by atoms with Gasteiger partial charge in [-0.05, 0) is 50.5 Å². The van der Waals surface area contributed by atoms with Crippen molar-refractivity contribution >= 4 is 0 Å². The van der Waals surface area contributed by atoms with Crippen LogP contribution in [0.25, 0.3) is 0 Å². The normalized spacial score (nSPS) is 19.9. The van der Waals surface area contributed by atoms with Crippen LogP contribution in [0.15, 0.2) is 41.2 Å². The number of pyridine rings is 1.